The highest BCUT2D eigenvalue weighted by atomic mass is 35.5. The van der Waals surface area contributed by atoms with Crippen LogP contribution in [0.2, 0.25) is 5.02 Å². The molecule has 1 aromatic rings. The van der Waals surface area contributed by atoms with Crippen LogP contribution in [0.1, 0.15) is 56.8 Å². The first-order chi connectivity index (χ1) is 18.8. The number of carbonyl (C=O) groups is 3. The van der Waals surface area contributed by atoms with Gasteiger partial charge in [-0.2, -0.15) is 0 Å². The number of hydrazine groups is 1. The zero-order chi connectivity index (χ0) is 29.5. The maximum absolute atomic E-state index is 14.1. The minimum Gasteiger partial charge on any atom is -0.487 e. The van der Waals surface area contributed by atoms with Gasteiger partial charge in [-0.1, -0.05) is 24.9 Å². The number of allylic oxidation sites excluding steroid dienone is 1. The van der Waals surface area contributed by atoms with E-state index in [4.69, 9.17) is 27.9 Å². The first-order valence-corrected chi connectivity index (χ1v) is 13.7. The van der Waals surface area contributed by atoms with E-state index in [1.54, 1.807) is 28.9 Å². The second-order valence-corrected chi connectivity index (χ2v) is 11.5. The van der Waals surface area contributed by atoms with Crippen molar-refractivity contribution in [2.75, 3.05) is 26.7 Å². The number of benzene rings is 1. The Labute approximate surface area is 236 Å². The van der Waals surface area contributed by atoms with Crippen LogP contribution in [-0.2, 0) is 20.8 Å². The number of likely N-dealkylation sites (tertiary alicyclic amines) is 1. The lowest BCUT2D eigenvalue weighted by Crippen LogP contribution is -2.53. The van der Waals surface area contributed by atoms with Crippen LogP contribution < -0.4 is 16.3 Å². The molecule has 0 aromatic heterocycles. The van der Waals surface area contributed by atoms with Crippen molar-refractivity contribution in [2.45, 2.75) is 58.5 Å². The molecule has 1 aliphatic carbocycles. The van der Waals surface area contributed by atoms with Crippen LogP contribution in [0, 0.1) is 17.3 Å². The molecule has 40 heavy (non-hydrogen) atoms. The largest absolute Gasteiger partial charge is 0.487 e. The maximum Gasteiger partial charge on any atom is 0.310 e. The summed E-state index contributed by atoms with van der Waals surface area (Å²) in [7, 11) is 1.24. The number of amides is 2. The van der Waals surface area contributed by atoms with E-state index in [-0.39, 0.29) is 35.7 Å². The fraction of sp³-hybridized carbons (Fsp3) is 0.593. The minimum absolute atomic E-state index is 0.154. The monoisotopic (exact) mass is 583 g/mol. The van der Waals surface area contributed by atoms with Gasteiger partial charge in [-0.05, 0) is 50.3 Å². The number of hydrogen-bond donors (Lipinski definition) is 3. The van der Waals surface area contributed by atoms with Gasteiger partial charge in [0, 0.05) is 36.6 Å². The molecule has 4 rings (SSSR count). The highest BCUT2D eigenvalue weighted by Crippen LogP contribution is 2.48. The van der Waals surface area contributed by atoms with E-state index in [2.05, 4.69) is 0 Å². The summed E-state index contributed by atoms with van der Waals surface area (Å²) in [6.45, 7) is 3.57. The van der Waals surface area contributed by atoms with Crippen molar-refractivity contribution in [3.05, 3.63) is 39.7 Å². The number of aliphatic carboxylic acids is 1. The first-order valence-electron chi connectivity index (χ1n) is 13.3. The fourth-order valence-electron chi connectivity index (χ4n) is 6.21. The van der Waals surface area contributed by atoms with Gasteiger partial charge >= 0.3 is 5.97 Å². The number of alkyl halides is 2. The van der Waals surface area contributed by atoms with E-state index >= 15 is 0 Å². The van der Waals surface area contributed by atoms with Crippen LogP contribution >= 0.6 is 11.6 Å². The van der Waals surface area contributed by atoms with E-state index in [0.29, 0.717) is 54.8 Å². The lowest BCUT2D eigenvalue weighted by Gasteiger charge is -2.45. The summed E-state index contributed by atoms with van der Waals surface area (Å²) >= 11 is 6.59. The minimum atomic E-state index is -2.93. The molecule has 5 N–H and O–H groups in total. The van der Waals surface area contributed by atoms with Crippen LogP contribution in [0.25, 0.3) is 0 Å². The lowest BCUT2D eigenvalue weighted by atomic mass is 9.78. The Balaban J connectivity index is 1.79. The number of rotatable bonds is 8. The van der Waals surface area contributed by atoms with Crippen LogP contribution in [0.15, 0.2) is 23.5 Å². The molecular weight excluding hydrogens is 548 g/mol. The molecular formula is C27H36ClF2N5O5. The van der Waals surface area contributed by atoms with Gasteiger partial charge in [0.25, 0.3) is 6.43 Å². The van der Waals surface area contributed by atoms with E-state index in [1.165, 1.54) is 7.05 Å². The number of nitrogens with two attached hydrogens (primary N) is 2. The normalized spacial score (nSPS) is 27.1. The molecule has 1 saturated heterocycles. The number of nitrogens with zero attached hydrogens (tertiary/aromatic N) is 3. The van der Waals surface area contributed by atoms with E-state index < -0.39 is 42.2 Å². The molecule has 2 heterocycles. The zero-order valence-electron chi connectivity index (χ0n) is 22.8. The molecule has 2 aliphatic heterocycles. The Bertz CT molecular complexity index is 1220. The smallest absolute Gasteiger partial charge is 0.310 e. The number of carbonyl (C=O) groups excluding carboxylic acids is 2. The number of fused-ring (bicyclic) bond motifs is 1. The van der Waals surface area contributed by atoms with Gasteiger partial charge in [0.15, 0.2) is 0 Å². The van der Waals surface area contributed by atoms with Crippen LogP contribution in [-0.4, -0.2) is 70.9 Å². The molecule has 1 saturated carbocycles. The van der Waals surface area contributed by atoms with E-state index in [0.717, 1.165) is 5.01 Å². The second-order valence-electron chi connectivity index (χ2n) is 11.1. The molecule has 2 fully saturated rings. The Morgan fingerprint density at radius 1 is 1.30 bits per heavy atom. The quantitative estimate of drug-likeness (QED) is 0.313. The number of halogens is 3. The molecule has 0 radical (unpaired) electrons. The summed E-state index contributed by atoms with van der Waals surface area (Å²) in [6.07, 6.45) is -1.53. The molecule has 220 valence electrons. The van der Waals surface area contributed by atoms with Gasteiger partial charge < -0.3 is 30.4 Å². The molecule has 2 amide bonds. The van der Waals surface area contributed by atoms with Crippen molar-refractivity contribution < 1.29 is 33.0 Å². The number of hydrogen-bond acceptors (Lipinski definition) is 7. The third-order valence-corrected chi connectivity index (χ3v) is 8.90. The molecule has 13 heteroatoms. The van der Waals surface area contributed by atoms with Gasteiger partial charge in [-0.25, -0.2) is 14.6 Å². The molecule has 0 spiro atoms. The topological polar surface area (TPSA) is 142 Å². The molecule has 4 atom stereocenters. The standard InChI is InChI=1S/C27H36ClF2N5O5/c1-14-8-11-34(24(14)36)23-20-15(9-12-35(23)25(37)16-5-4-10-27(16,2)26(38)39)17(28)6-7-19(20)40-13-18(31)21(22(29)30)33(3)32/h6-7,14,16,22-23H,4-5,8-13,31-32H2,1-3H3,(H,38,39)/b21-18-/t14-,16+,23?,27+/m1/s1. The second kappa shape index (κ2) is 11.4. The average Bonchev–Trinajstić information content (AvgIpc) is 3.44. The molecule has 3 aliphatic rings. The summed E-state index contributed by atoms with van der Waals surface area (Å²) in [5, 5.41) is 11.1. The Hall–Kier alpha value is -3.12. The fourth-order valence-corrected chi connectivity index (χ4v) is 6.46. The van der Waals surface area contributed by atoms with Crippen LogP contribution in [0.4, 0.5) is 8.78 Å². The van der Waals surface area contributed by atoms with Crippen molar-refractivity contribution >= 4 is 29.4 Å². The van der Waals surface area contributed by atoms with Crippen molar-refractivity contribution in [2.24, 2.45) is 28.8 Å². The first kappa shape index (κ1) is 29.9. The van der Waals surface area contributed by atoms with E-state index in [9.17, 15) is 28.3 Å². The number of ether oxygens (including phenoxy) is 1. The lowest BCUT2D eigenvalue weighted by molar-refractivity contribution is -0.161. The summed E-state index contributed by atoms with van der Waals surface area (Å²) in [5.41, 5.74) is 4.97. The highest BCUT2D eigenvalue weighted by Gasteiger charge is 2.53. The van der Waals surface area contributed by atoms with Crippen molar-refractivity contribution in [1.82, 2.24) is 14.8 Å². The summed E-state index contributed by atoms with van der Waals surface area (Å²) in [6, 6.07) is 3.17. The summed E-state index contributed by atoms with van der Waals surface area (Å²) in [5.74, 6) is 3.21. The zero-order valence-corrected chi connectivity index (χ0v) is 23.6. The van der Waals surface area contributed by atoms with Gasteiger partial charge in [-0.3, -0.25) is 14.4 Å². The Morgan fingerprint density at radius 3 is 2.58 bits per heavy atom. The van der Waals surface area contributed by atoms with Gasteiger partial charge in [0.2, 0.25) is 11.8 Å². The average molecular weight is 584 g/mol. The van der Waals surface area contributed by atoms with Crippen LogP contribution in [0.5, 0.6) is 5.75 Å². The van der Waals surface area contributed by atoms with Gasteiger partial charge in [-0.15, -0.1) is 0 Å². The maximum atomic E-state index is 14.1. The third kappa shape index (κ3) is 5.18. The Morgan fingerprint density at radius 2 is 2.00 bits per heavy atom. The predicted octanol–water partition coefficient (Wildman–Crippen LogP) is 3.10. The summed E-state index contributed by atoms with van der Waals surface area (Å²) in [4.78, 5) is 42.8. The number of carboxylic acid groups (broad SMARTS) is 1. The Kier molecular flexibility index (Phi) is 8.51. The SMILES string of the molecule is C[C@@H]1CCN(C2c3c(OC/C(N)=C(\C(F)F)N(C)N)ccc(Cl)c3CCN2C(=O)[C@@H]2CCC[C@]2(C)C(=O)O)C1=O. The molecule has 0 bridgehead atoms. The molecule has 1 unspecified atom stereocenters. The molecule has 10 nitrogen and oxygen atoms in total. The van der Waals surface area contributed by atoms with Crippen molar-refractivity contribution in [1.29, 1.82) is 0 Å². The third-order valence-electron chi connectivity index (χ3n) is 8.55. The van der Waals surface area contributed by atoms with Crippen molar-refractivity contribution in [3.8, 4) is 5.75 Å². The van der Waals surface area contributed by atoms with Gasteiger partial charge in [0.05, 0.1) is 17.0 Å². The highest BCUT2D eigenvalue weighted by molar-refractivity contribution is 6.31. The predicted molar refractivity (Wildman–Crippen MR) is 143 cm³/mol. The van der Waals surface area contributed by atoms with Gasteiger partial charge in [0.1, 0.15) is 24.2 Å². The van der Waals surface area contributed by atoms with Crippen LogP contribution in [0.3, 0.4) is 0 Å². The summed E-state index contributed by atoms with van der Waals surface area (Å²) < 4.78 is 33.0. The number of carboxylic acids is 1. The van der Waals surface area contributed by atoms with E-state index in [1.807, 2.05) is 6.92 Å². The van der Waals surface area contributed by atoms with Crippen molar-refractivity contribution in [3.63, 3.8) is 0 Å². The molecule has 1 aromatic carbocycles.